The third-order valence-electron chi connectivity index (χ3n) is 3.05. The van der Waals surface area contributed by atoms with Crippen molar-refractivity contribution in [3.63, 3.8) is 0 Å². The van der Waals surface area contributed by atoms with E-state index in [1.807, 2.05) is 0 Å². The van der Waals surface area contributed by atoms with E-state index in [9.17, 15) is 4.79 Å². The molecular weight excluding hydrogens is 154 g/mol. The van der Waals surface area contributed by atoms with E-state index in [4.69, 9.17) is 5.11 Å². The van der Waals surface area contributed by atoms with Crippen molar-refractivity contribution in [3.8, 4) is 0 Å². The van der Waals surface area contributed by atoms with Crippen molar-refractivity contribution in [2.45, 2.75) is 32.2 Å². The maximum Gasteiger partial charge on any atom is 0.323 e. The Balaban J connectivity index is 2.52. The Labute approximate surface area is 73.2 Å². The van der Waals surface area contributed by atoms with Gasteiger partial charge in [0, 0.05) is 0 Å². The van der Waals surface area contributed by atoms with Gasteiger partial charge in [-0.15, -0.1) is 0 Å². The summed E-state index contributed by atoms with van der Waals surface area (Å²) in [6.45, 7) is 4.29. The highest BCUT2D eigenvalue weighted by atomic mass is 16.4. The van der Waals surface area contributed by atoms with Crippen LogP contribution in [0.1, 0.15) is 26.7 Å². The SMILES string of the molecule is CNC1(C(=O)O)CC(C(C)C)C1. The fourth-order valence-corrected chi connectivity index (χ4v) is 1.79. The molecule has 0 aromatic heterocycles. The number of rotatable bonds is 3. The second-order valence-corrected chi connectivity index (χ2v) is 4.05. The van der Waals surface area contributed by atoms with Gasteiger partial charge >= 0.3 is 5.97 Å². The average molecular weight is 171 g/mol. The van der Waals surface area contributed by atoms with Gasteiger partial charge in [-0.25, -0.2) is 0 Å². The van der Waals surface area contributed by atoms with Crippen molar-refractivity contribution < 1.29 is 9.90 Å². The number of hydrogen-bond donors (Lipinski definition) is 2. The molecule has 0 bridgehead atoms. The molecular formula is C9H17NO2. The highest BCUT2D eigenvalue weighted by Crippen LogP contribution is 2.41. The fourth-order valence-electron chi connectivity index (χ4n) is 1.79. The van der Waals surface area contributed by atoms with Crippen LogP contribution in [-0.4, -0.2) is 23.7 Å². The topological polar surface area (TPSA) is 49.3 Å². The van der Waals surface area contributed by atoms with Crippen LogP contribution in [0.2, 0.25) is 0 Å². The molecule has 70 valence electrons. The Morgan fingerprint density at radius 3 is 2.33 bits per heavy atom. The highest BCUT2D eigenvalue weighted by molar-refractivity contribution is 5.80. The molecule has 0 radical (unpaired) electrons. The molecule has 0 aliphatic heterocycles. The van der Waals surface area contributed by atoms with Crippen LogP contribution in [0.3, 0.4) is 0 Å². The summed E-state index contributed by atoms with van der Waals surface area (Å²) >= 11 is 0. The first-order valence-corrected chi connectivity index (χ1v) is 4.44. The maximum atomic E-state index is 10.8. The van der Waals surface area contributed by atoms with Crippen LogP contribution in [0.4, 0.5) is 0 Å². The third-order valence-corrected chi connectivity index (χ3v) is 3.05. The standard InChI is InChI=1S/C9H17NO2/c1-6(2)7-4-9(5-7,10-3)8(11)12/h6-7,10H,4-5H2,1-3H3,(H,11,12). The van der Waals surface area contributed by atoms with Crippen LogP contribution in [-0.2, 0) is 4.79 Å². The first-order valence-electron chi connectivity index (χ1n) is 4.44. The molecule has 1 aliphatic rings. The zero-order valence-electron chi connectivity index (χ0n) is 7.92. The van der Waals surface area contributed by atoms with Crippen LogP contribution in [0.15, 0.2) is 0 Å². The molecule has 1 saturated carbocycles. The number of carboxylic acid groups (broad SMARTS) is 1. The molecule has 0 aromatic rings. The van der Waals surface area contributed by atoms with Gasteiger partial charge in [-0.2, -0.15) is 0 Å². The van der Waals surface area contributed by atoms with Crippen molar-refractivity contribution in [1.82, 2.24) is 5.32 Å². The largest absolute Gasteiger partial charge is 0.480 e. The van der Waals surface area contributed by atoms with E-state index >= 15 is 0 Å². The molecule has 0 amide bonds. The molecule has 12 heavy (non-hydrogen) atoms. The van der Waals surface area contributed by atoms with Gasteiger partial charge in [0.1, 0.15) is 5.54 Å². The van der Waals surface area contributed by atoms with Crippen molar-refractivity contribution in [2.24, 2.45) is 11.8 Å². The van der Waals surface area contributed by atoms with E-state index in [1.54, 1.807) is 7.05 Å². The average Bonchev–Trinajstić information content (AvgIpc) is 1.84. The second kappa shape index (κ2) is 3.05. The highest BCUT2D eigenvalue weighted by Gasteiger charge is 2.49. The number of nitrogens with one attached hydrogen (secondary N) is 1. The molecule has 2 N–H and O–H groups in total. The van der Waals surface area contributed by atoms with Gasteiger partial charge in [-0.3, -0.25) is 4.79 Å². The van der Waals surface area contributed by atoms with E-state index in [-0.39, 0.29) is 0 Å². The van der Waals surface area contributed by atoms with Gasteiger partial charge in [0.25, 0.3) is 0 Å². The van der Waals surface area contributed by atoms with Gasteiger partial charge in [0.2, 0.25) is 0 Å². The Kier molecular flexibility index (Phi) is 2.42. The smallest absolute Gasteiger partial charge is 0.323 e. The Morgan fingerprint density at radius 2 is 2.08 bits per heavy atom. The lowest BCUT2D eigenvalue weighted by Crippen LogP contribution is -2.60. The zero-order valence-corrected chi connectivity index (χ0v) is 7.92. The molecule has 0 saturated heterocycles. The van der Waals surface area contributed by atoms with E-state index in [2.05, 4.69) is 19.2 Å². The molecule has 1 aliphatic carbocycles. The van der Waals surface area contributed by atoms with Gasteiger partial charge in [-0.05, 0) is 31.7 Å². The molecule has 3 nitrogen and oxygen atoms in total. The predicted molar refractivity (Wildman–Crippen MR) is 47.0 cm³/mol. The van der Waals surface area contributed by atoms with Crippen LogP contribution in [0, 0.1) is 11.8 Å². The molecule has 0 unspecified atom stereocenters. The minimum Gasteiger partial charge on any atom is -0.480 e. The number of hydrogen-bond acceptors (Lipinski definition) is 2. The van der Waals surface area contributed by atoms with Crippen LogP contribution in [0.5, 0.6) is 0 Å². The van der Waals surface area contributed by atoms with E-state index in [0.29, 0.717) is 11.8 Å². The summed E-state index contributed by atoms with van der Waals surface area (Å²) in [6.07, 6.45) is 1.55. The van der Waals surface area contributed by atoms with Crippen LogP contribution in [0.25, 0.3) is 0 Å². The van der Waals surface area contributed by atoms with Crippen molar-refractivity contribution >= 4 is 5.97 Å². The van der Waals surface area contributed by atoms with Gasteiger partial charge in [0.15, 0.2) is 0 Å². The van der Waals surface area contributed by atoms with Gasteiger partial charge in [-0.1, -0.05) is 13.8 Å². The molecule has 0 atom stereocenters. The molecule has 0 spiro atoms. The van der Waals surface area contributed by atoms with Crippen molar-refractivity contribution in [3.05, 3.63) is 0 Å². The molecule has 1 fully saturated rings. The summed E-state index contributed by atoms with van der Waals surface area (Å²) < 4.78 is 0. The predicted octanol–water partition coefficient (Wildman–Crippen LogP) is 1.10. The maximum absolute atomic E-state index is 10.8. The summed E-state index contributed by atoms with van der Waals surface area (Å²) in [5.41, 5.74) is -0.616. The minimum atomic E-state index is -0.707. The number of carbonyl (C=O) groups is 1. The van der Waals surface area contributed by atoms with E-state index in [0.717, 1.165) is 12.8 Å². The normalized spacial score (nSPS) is 34.8. The Bertz CT molecular complexity index is 183. The summed E-state index contributed by atoms with van der Waals surface area (Å²) in [7, 11) is 1.73. The van der Waals surface area contributed by atoms with E-state index < -0.39 is 11.5 Å². The van der Waals surface area contributed by atoms with Crippen molar-refractivity contribution in [2.75, 3.05) is 7.05 Å². The molecule has 3 heteroatoms. The number of aliphatic carboxylic acids is 1. The first-order chi connectivity index (χ1) is 5.52. The van der Waals surface area contributed by atoms with Crippen LogP contribution >= 0.6 is 0 Å². The summed E-state index contributed by atoms with van der Waals surface area (Å²) in [5.74, 6) is 0.473. The number of likely N-dealkylation sites (N-methyl/N-ethyl adjacent to an activating group) is 1. The fraction of sp³-hybridized carbons (Fsp3) is 0.889. The summed E-state index contributed by atoms with van der Waals surface area (Å²) in [4.78, 5) is 10.8. The summed E-state index contributed by atoms with van der Waals surface area (Å²) in [6, 6.07) is 0. The Morgan fingerprint density at radius 1 is 1.58 bits per heavy atom. The lowest BCUT2D eigenvalue weighted by atomic mass is 9.64. The quantitative estimate of drug-likeness (QED) is 0.668. The lowest BCUT2D eigenvalue weighted by molar-refractivity contribution is -0.151. The first kappa shape index (κ1) is 9.52. The molecule has 0 aromatic carbocycles. The summed E-state index contributed by atoms with van der Waals surface area (Å²) in [5, 5.41) is 11.8. The monoisotopic (exact) mass is 171 g/mol. The minimum absolute atomic E-state index is 0.577. The molecule has 0 heterocycles. The second-order valence-electron chi connectivity index (χ2n) is 4.05. The zero-order chi connectivity index (χ0) is 9.35. The van der Waals surface area contributed by atoms with Gasteiger partial charge < -0.3 is 10.4 Å². The van der Waals surface area contributed by atoms with Crippen LogP contribution < -0.4 is 5.32 Å². The Hall–Kier alpha value is -0.570. The van der Waals surface area contributed by atoms with Gasteiger partial charge in [0.05, 0.1) is 0 Å². The third kappa shape index (κ3) is 1.33. The molecule has 1 rings (SSSR count). The lowest BCUT2D eigenvalue weighted by Gasteiger charge is -2.46. The van der Waals surface area contributed by atoms with E-state index in [1.165, 1.54) is 0 Å². The van der Waals surface area contributed by atoms with Crippen molar-refractivity contribution in [1.29, 1.82) is 0 Å². The number of carboxylic acids is 1.